The summed E-state index contributed by atoms with van der Waals surface area (Å²) >= 11 is 0. The summed E-state index contributed by atoms with van der Waals surface area (Å²) in [5, 5.41) is 0. The van der Waals surface area contributed by atoms with Crippen LogP contribution in [-0.2, 0) is 0 Å². The van der Waals surface area contributed by atoms with E-state index in [2.05, 4.69) is 4.99 Å². The monoisotopic (exact) mass is 105 g/mol. The maximum absolute atomic E-state index is 11.4. The van der Waals surface area contributed by atoms with Crippen molar-refractivity contribution in [3.8, 4) is 0 Å². The van der Waals surface area contributed by atoms with Crippen LogP contribution in [0.5, 0.6) is 0 Å². The molecule has 0 unspecified atom stereocenters. The number of hydrogen-bond donors (Lipinski definition) is 1. The van der Waals surface area contributed by atoms with Crippen molar-refractivity contribution in [2.45, 2.75) is 6.90 Å². The molecular formula is C4H9FN2. The van der Waals surface area contributed by atoms with Crippen LogP contribution in [0.25, 0.3) is 0 Å². The van der Waals surface area contributed by atoms with Gasteiger partial charge in [0.15, 0.2) is 0 Å². The van der Waals surface area contributed by atoms with E-state index in [9.17, 15) is 4.39 Å². The SMILES string of the molecule is [2H]CCN=C(N)CF. The maximum atomic E-state index is 11.4. The van der Waals surface area contributed by atoms with E-state index >= 15 is 0 Å². The van der Waals surface area contributed by atoms with Crippen molar-refractivity contribution in [1.29, 1.82) is 0 Å². The lowest BCUT2D eigenvalue weighted by Gasteiger charge is -1.86. The Balaban J connectivity index is 3.26. The van der Waals surface area contributed by atoms with E-state index in [-0.39, 0.29) is 12.7 Å². The van der Waals surface area contributed by atoms with E-state index in [0.717, 1.165) is 0 Å². The number of aliphatic imine (C=N–C) groups is 1. The predicted octanol–water partition coefficient (Wildman–Crippen LogP) is 0.333. The Kier molecular flexibility index (Phi) is 2.33. The molecule has 3 heteroatoms. The summed E-state index contributed by atoms with van der Waals surface area (Å²) in [6.07, 6.45) is 0. The largest absolute Gasteiger partial charge is 0.385 e. The zero-order valence-electron chi connectivity index (χ0n) is 5.02. The van der Waals surface area contributed by atoms with Gasteiger partial charge in [0.1, 0.15) is 12.5 Å². The molecule has 0 aliphatic carbocycles. The lowest BCUT2D eigenvalue weighted by molar-refractivity contribution is 0.578. The molecule has 0 aliphatic heterocycles. The van der Waals surface area contributed by atoms with Crippen molar-refractivity contribution in [3.05, 3.63) is 0 Å². The third kappa shape index (κ3) is 3.22. The molecule has 2 nitrogen and oxygen atoms in total. The van der Waals surface area contributed by atoms with Gasteiger partial charge in [-0.15, -0.1) is 0 Å². The van der Waals surface area contributed by atoms with Gasteiger partial charge in [-0.05, 0) is 6.90 Å². The zero-order valence-corrected chi connectivity index (χ0v) is 4.02. The minimum absolute atomic E-state index is 0.0164. The molecular weight excluding hydrogens is 95.1 g/mol. The Labute approximate surface area is 43.6 Å². The topological polar surface area (TPSA) is 38.4 Å². The van der Waals surface area contributed by atoms with E-state index < -0.39 is 6.67 Å². The van der Waals surface area contributed by atoms with Crippen molar-refractivity contribution in [3.63, 3.8) is 0 Å². The Morgan fingerprint density at radius 2 is 2.86 bits per heavy atom. The van der Waals surface area contributed by atoms with Crippen molar-refractivity contribution in [2.24, 2.45) is 10.7 Å². The van der Waals surface area contributed by atoms with Crippen LogP contribution in [0.4, 0.5) is 4.39 Å². The molecule has 0 atom stereocenters. The number of halogens is 1. The van der Waals surface area contributed by atoms with Crippen molar-refractivity contribution in [2.75, 3.05) is 13.2 Å². The van der Waals surface area contributed by atoms with Gasteiger partial charge >= 0.3 is 0 Å². The Morgan fingerprint density at radius 3 is 3.29 bits per heavy atom. The second-order valence-electron chi connectivity index (χ2n) is 1.01. The number of nitrogens with zero attached hydrogens (tertiary/aromatic N) is 1. The molecule has 0 aliphatic rings. The van der Waals surface area contributed by atoms with Gasteiger partial charge in [0.2, 0.25) is 0 Å². The first-order valence-corrected chi connectivity index (χ1v) is 1.95. The van der Waals surface area contributed by atoms with Crippen molar-refractivity contribution < 1.29 is 5.76 Å². The fourth-order valence-electron chi connectivity index (χ4n) is 0.186. The molecule has 0 heterocycles. The fourth-order valence-corrected chi connectivity index (χ4v) is 0.186. The smallest absolute Gasteiger partial charge is 0.146 e. The van der Waals surface area contributed by atoms with Crippen LogP contribution in [0.15, 0.2) is 4.99 Å². The molecule has 0 rings (SSSR count). The summed E-state index contributed by atoms with van der Waals surface area (Å²) < 4.78 is 18.0. The van der Waals surface area contributed by atoms with Gasteiger partial charge in [-0.1, -0.05) is 0 Å². The maximum Gasteiger partial charge on any atom is 0.146 e. The molecule has 0 aromatic carbocycles. The molecule has 0 fully saturated rings. The summed E-state index contributed by atoms with van der Waals surface area (Å²) in [6.45, 7) is -0.240. The highest BCUT2D eigenvalue weighted by molar-refractivity contribution is 5.81. The summed E-state index contributed by atoms with van der Waals surface area (Å²) in [4.78, 5) is 3.49. The average Bonchev–Trinajstić information content (AvgIpc) is 1.83. The average molecular weight is 105 g/mol. The molecule has 0 saturated heterocycles. The van der Waals surface area contributed by atoms with Gasteiger partial charge in [0, 0.05) is 7.92 Å². The molecule has 7 heavy (non-hydrogen) atoms. The lowest BCUT2D eigenvalue weighted by atomic mass is 10.6. The van der Waals surface area contributed by atoms with Crippen LogP contribution in [0, 0.1) is 0 Å². The Hall–Kier alpha value is -0.600. The van der Waals surface area contributed by atoms with Gasteiger partial charge in [-0.3, -0.25) is 4.99 Å². The van der Waals surface area contributed by atoms with E-state index in [1.807, 2.05) is 0 Å². The molecule has 0 amide bonds. The van der Waals surface area contributed by atoms with Crippen LogP contribution in [0.2, 0.25) is 0 Å². The molecule has 0 saturated carbocycles. The second-order valence-corrected chi connectivity index (χ2v) is 1.01. The van der Waals surface area contributed by atoms with Crippen molar-refractivity contribution in [1.82, 2.24) is 0 Å². The number of amidine groups is 1. The van der Waals surface area contributed by atoms with Gasteiger partial charge in [0.05, 0.1) is 0 Å². The first-order valence-electron chi connectivity index (χ1n) is 2.66. The summed E-state index contributed by atoms with van der Waals surface area (Å²) in [7, 11) is 0. The number of alkyl halides is 1. The van der Waals surface area contributed by atoms with Gasteiger partial charge in [0.25, 0.3) is 0 Å². The van der Waals surface area contributed by atoms with Crippen LogP contribution >= 0.6 is 0 Å². The molecule has 0 radical (unpaired) electrons. The number of rotatable bonds is 2. The van der Waals surface area contributed by atoms with E-state index in [4.69, 9.17) is 7.10 Å². The molecule has 0 spiro atoms. The van der Waals surface area contributed by atoms with E-state index in [0.29, 0.717) is 6.54 Å². The van der Waals surface area contributed by atoms with Crippen molar-refractivity contribution >= 4 is 5.84 Å². The third-order valence-electron chi connectivity index (χ3n) is 0.452. The predicted molar refractivity (Wildman–Crippen MR) is 28.1 cm³/mol. The number of hydrogen-bond acceptors (Lipinski definition) is 1. The first kappa shape index (κ1) is 4.56. The lowest BCUT2D eigenvalue weighted by Crippen LogP contribution is -2.13. The Morgan fingerprint density at radius 1 is 2.14 bits per heavy atom. The summed E-state index contributed by atoms with van der Waals surface area (Å²) in [5.74, 6) is -0.0164. The van der Waals surface area contributed by atoms with Crippen LogP contribution in [-0.4, -0.2) is 19.1 Å². The normalized spacial score (nSPS) is 13.9. The highest BCUT2D eigenvalue weighted by Crippen LogP contribution is 1.70. The Bertz CT molecular complexity index is 84.1. The minimum atomic E-state index is -0.708. The summed E-state index contributed by atoms with van der Waals surface area (Å²) in [5.41, 5.74) is 4.95. The highest BCUT2D eigenvalue weighted by Gasteiger charge is 1.82. The standard InChI is InChI=1S/C4H9FN2/c1-2-7-4(6)3-5/h2-3H2,1H3,(H2,6,7)/i1D. The first-order chi connectivity index (χ1) is 3.81. The van der Waals surface area contributed by atoms with Gasteiger partial charge < -0.3 is 5.73 Å². The van der Waals surface area contributed by atoms with E-state index in [1.165, 1.54) is 0 Å². The van der Waals surface area contributed by atoms with E-state index in [1.54, 1.807) is 0 Å². The molecule has 42 valence electrons. The zero-order chi connectivity index (χ0) is 6.41. The molecule has 2 N–H and O–H groups in total. The minimum Gasteiger partial charge on any atom is -0.385 e. The quantitative estimate of drug-likeness (QED) is 0.399. The number of nitrogens with two attached hydrogens (primary N) is 1. The fraction of sp³-hybridized carbons (Fsp3) is 0.750. The van der Waals surface area contributed by atoms with Crippen LogP contribution in [0.3, 0.4) is 0 Å². The summed E-state index contributed by atoms with van der Waals surface area (Å²) in [6, 6.07) is 0. The third-order valence-corrected chi connectivity index (χ3v) is 0.452. The van der Waals surface area contributed by atoms with Gasteiger partial charge in [-0.2, -0.15) is 0 Å². The molecule has 0 aromatic rings. The highest BCUT2D eigenvalue weighted by atomic mass is 19.1. The second kappa shape index (κ2) is 3.59. The van der Waals surface area contributed by atoms with Crippen LogP contribution in [0.1, 0.15) is 8.27 Å². The molecule has 0 bridgehead atoms. The van der Waals surface area contributed by atoms with Gasteiger partial charge in [-0.25, -0.2) is 4.39 Å². The van der Waals surface area contributed by atoms with Crippen LogP contribution < -0.4 is 5.73 Å². The molecule has 0 aromatic heterocycles.